The molecule has 0 spiro atoms. The Morgan fingerprint density at radius 1 is 1.03 bits per heavy atom. The highest BCUT2D eigenvalue weighted by Gasteiger charge is 2.08. The van der Waals surface area contributed by atoms with Crippen LogP contribution in [-0.2, 0) is 4.79 Å². The minimum Gasteiger partial charge on any atom is -0.497 e. The largest absolute Gasteiger partial charge is 0.497 e. The van der Waals surface area contributed by atoms with Crippen molar-refractivity contribution in [1.82, 2.24) is 10.7 Å². The molecule has 0 fully saturated rings. The number of carbonyl (C=O) groups is 2. The van der Waals surface area contributed by atoms with E-state index in [9.17, 15) is 9.59 Å². The number of methoxy groups -OCH3 is 2. The second-order valence-corrected chi connectivity index (χ2v) is 6.31. The fraction of sp³-hybridized carbons (Fsp3) is 0.318. The lowest BCUT2D eigenvalue weighted by molar-refractivity contribution is -0.120. The number of carbonyl (C=O) groups excluding carboxylic acids is 2. The molecule has 30 heavy (non-hydrogen) atoms. The molecule has 0 heterocycles. The van der Waals surface area contributed by atoms with Crippen LogP contribution in [0.15, 0.2) is 47.6 Å². The average Bonchev–Trinajstić information content (AvgIpc) is 2.78. The summed E-state index contributed by atoms with van der Waals surface area (Å²) in [4.78, 5) is 24.1. The number of hydrogen-bond donors (Lipinski definition) is 2. The molecule has 0 saturated heterocycles. The van der Waals surface area contributed by atoms with Crippen LogP contribution < -0.4 is 25.0 Å². The van der Waals surface area contributed by atoms with E-state index in [1.54, 1.807) is 49.6 Å². The molecule has 2 aromatic carbocycles. The molecule has 0 aromatic heterocycles. The Labute approximate surface area is 176 Å². The van der Waals surface area contributed by atoms with Crippen LogP contribution in [0.25, 0.3) is 0 Å². The first-order valence-corrected chi connectivity index (χ1v) is 9.62. The first kappa shape index (κ1) is 22.7. The third kappa shape index (κ3) is 7.12. The molecule has 0 aliphatic heterocycles. The predicted molar refractivity (Wildman–Crippen MR) is 114 cm³/mol. The van der Waals surface area contributed by atoms with E-state index in [4.69, 9.17) is 14.2 Å². The molecular formula is C22H27N3O5. The lowest BCUT2D eigenvalue weighted by atomic mass is 10.2. The van der Waals surface area contributed by atoms with E-state index in [1.165, 1.54) is 13.3 Å². The van der Waals surface area contributed by atoms with Crippen molar-refractivity contribution >= 4 is 18.0 Å². The molecule has 2 amide bonds. The van der Waals surface area contributed by atoms with Crippen LogP contribution in [0.1, 0.15) is 35.7 Å². The van der Waals surface area contributed by atoms with E-state index in [1.807, 2.05) is 0 Å². The summed E-state index contributed by atoms with van der Waals surface area (Å²) in [6.07, 6.45) is 3.47. The topological polar surface area (TPSA) is 98.2 Å². The Morgan fingerprint density at radius 2 is 1.77 bits per heavy atom. The number of unbranched alkanes of at least 4 members (excludes halogenated alkanes) is 1. The van der Waals surface area contributed by atoms with E-state index >= 15 is 0 Å². The summed E-state index contributed by atoms with van der Waals surface area (Å²) in [5.74, 6) is 1.12. The van der Waals surface area contributed by atoms with Gasteiger partial charge in [0, 0.05) is 11.1 Å². The van der Waals surface area contributed by atoms with Crippen molar-refractivity contribution in [2.75, 3.05) is 27.4 Å². The first-order chi connectivity index (χ1) is 14.6. The Hall–Kier alpha value is -3.55. The van der Waals surface area contributed by atoms with Crippen LogP contribution in [0.3, 0.4) is 0 Å². The summed E-state index contributed by atoms with van der Waals surface area (Å²) in [5, 5.41) is 6.45. The van der Waals surface area contributed by atoms with E-state index in [-0.39, 0.29) is 12.5 Å². The molecule has 0 unspecified atom stereocenters. The molecular weight excluding hydrogens is 386 g/mol. The average molecular weight is 413 g/mol. The zero-order valence-electron chi connectivity index (χ0n) is 17.4. The van der Waals surface area contributed by atoms with Crippen molar-refractivity contribution < 1.29 is 23.8 Å². The fourth-order valence-corrected chi connectivity index (χ4v) is 2.45. The number of benzene rings is 2. The van der Waals surface area contributed by atoms with Gasteiger partial charge < -0.3 is 19.5 Å². The summed E-state index contributed by atoms with van der Waals surface area (Å²) in [5.41, 5.74) is 3.45. The van der Waals surface area contributed by atoms with Gasteiger partial charge in [0.15, 0.2) is 0 Å². The number of ether oxygens (including phenoxy) is 3. The molecule has 2 aromatic rings. The van der Waals surface area contributed by atoms with E-state index in [0.29, 0.717) is 35.0 Å². The van der Waals surface area contributed by atoms with Crippen molar-refractivity contribution in [2.24, 2.45) is 5.10 Å². The smallest absolute Gasteiger partial charge is 0.259 e. The minimum atomic E-state index is -0.457. The number of rotatable bonds is 11. The third-order valence-corrected chi connectivity index (χ3v) is 4.12. The summed E-state index contributed by atoms with van der Waals surface area (Å²) in [6, 6.07) is 12.0. The fourth-order valence-electron chi connectivity index (χ4n) is 2.45. The van der Waals surface area contributed by atoms with Gasteiger partial charge in [0.25, 0.3) is 11.8 Å². The molecule has 2 rings (SSSR count). The highest BCUT2D eigenvalue weighted by Crippen LogP contribution is 2.22. The van der Waals surface area contributed by atoms with Gasteiger partial charge >= 0.3 is 0 Å². The Morgan fingerprint density at radius 3 is 2.43 bits per heavy atom. The van der Waals surface area contributed by atoms with Gasteiger partial charge in [-0.15, -0.1) is 0 Å². The van der Waals surface area contributed by atoms with Crippen molar-refractivity contribution in [3.8, 4) is 17.2 Å². The minimum absolute atomic E-state index is 0.208. The van der Waals surface area contributed by atoms with Gasteiger partial charge in [-0.1, -0.05) is 13.3 Å². The highest BCUT2D eigenvalue weighted by molar-refractivity contribution is 5.96. The van der Waals surface area contributed by atoms with Crippen molar-refractivity contribution in [2.45, 2.75) is 19.8 Å². The van der Waals surface area contributed by atoms with Crippen LogP contribution in [0, 0.1) is 0 Å². The van der Waals surface area contributed by atoms with Crippen molar-refractivity contribution in [1.29, 1.82) is 0 Å². The van der Waals surface area contributed by atoms with Crippen molar-refractivity contribution in [3.05, 3.63) is 53.6 Å². The quantitative estimate of drug-likeness (QED) is 0.335. The molecule has 0 saturated carbocycles. The van der Waals surface area contributed by atoms with Gasteiger partial charge in [0.2, 0.25) is 0 Å². The van der Waals surface area contributed by atoms with Crippen LogP contribution in [0.4, 0.5) is 0 Å². The lowest BCUT2D eigenvalue weighted by Crippen LogP contribution is -2.34. The van der Waals surface area contributed by atoms with E-state index in [2.05, 4.69) is 22.8 Å². The Kier molecular flexibility index (Phi) is 9.18. The molecule has 0 aliphatic rings. The van der Waals surface area contributed by atoms with Gasteiger partial charge in [-0.05, 0) is 48.9 Å². The number of hydrazone groups is 1. The molecule has 0 bridgehead atoms. The van der Waals surface area contributed by atoms with Gasteiger partial charge in [-0.25, -0.2) is 5.43 Å². The maximum absolute atomic E-state index is 12.2. The maximum atomic E-state index is 12.2. The van der Waals surface area contributed by atoms with Gasteiger partial charge in [-0.3, -0.25) is 9.59 Å². The first-order valence-electron chi connectivity index (χ1n) is 9.62. The summed E-state index contributed by atoms with van der Waals surface area (Å²) < 4.78 is 16.0. The number of hydrogen-bond acceptors (Lipinski definition) is 6. The summed E-state index contributed by atoms with van der Waals surface area (Å²) in [6.45, 7) is 2.53. The number of nitrogens with zero attached hydrogens (tertiary/aromatic N) is 1. The number of nitrogens with one attached hydrogen (secondary N) is 2. The van der Waals surface area contributed by atoms with Gasteiger partial charge in [0.1, 0.15) is 17.2 Å². The van der Waals surface area contributed by atoms with E-state index < -0.39 is 5.91 Å². The second kappa shape index (κ2) is 12.1. The van der Waals surface area contributed by atoms with Crippen LogP contribution in [0.2, 0.25) is 0 Å². The third-order valence-electron chi connectivity index (χ3n) is 4.12. The maximum Gasteiger partial charge on any atom is 0.259 e. The Bertz CT molecular complexity index is 866. The molecule has 8 heteroatoms. The zero-order chi connectivity index (χ0) is 21.8. The van der Waals surface area contributed by atoms with Crippen molar-refractivity contribution in [3.63, 3.8) is 0 Å². The zero-order valence-corrected chi connectivity index (χ0v) is 17.4. The van der Waals surface area contributed by atoms with Crippen LogP contribution in [0.5, 0.6) is 17.2 Å². The van der Waals surface area contributed by atoms with Crippen LogP contribution in [-0.4, -0.2) is 45.4 Å². The summed E-state index contributed by atoms with van der Waals surface area (Å²) in [7, 11) is 3.09. The number of amides is 2. The molecule has 0 atom stereocenters. The SMILES string of the molecule is CCCCOc1ccc(C(=O)NCC(=O)N/N=C\c2cc(OC)ccc2OC)cc1. The monoisotopic (exact) mass is 413 g/mol. The van der Waals surface area contributed by atoms with Gasteiger partial charge in [0.05, 0.1) is 33.6 Å². The molecule has 160 valence electrons. The van der Waals surface area contributed by atoms with Gasteiger partial charge in [-0.2, -0.15) is 5.10 Å². The molecule has 8 nitrogen and oxygen atoms in total. The normalized spacial score (nSPS) is 10.5. The predicted octanol–water partition coefficient (Wildman–Crippen LogP) is 2.76. The van der Waals surface area contributed by atoms with Crippen LogP contribution >= 0.6 is 0 Å². The highest BCUT2D eigenvalue weighted by atomic mass is 16.5. The molecule has 0 radical (unpaired) electrons. The molecule has 2 N–H and O–H groups in total. The second-order valence-electron chi connectivity index (χ2n) is 6.31. The standard InChI is InChI=1S/C22H27N3O5/c1-4-5-12-30-18-8-6-16(7-9-18)22(27)23-15-21(26)25-24-14-17-13-19(28-2)10-11-20(17)29-3/h6-11,13-14H,4-5,12,15H2,1-3H3,(H,23,27)(H,25,26)/b24-14-. The van der Waals surface area contributed by atoms with E-state index in [0.717, 1.165) is 12.8 Å². The molecule has 0 aliphatic carbocycles. The Balaban J connectivity index is 1.81. The lowest BCUT2D eigenvalue weighted by Gasteiger charge is -2.08. The summed E-state index contributed by atoms with van der Waals surface area (Å²) >= 11 is 0.